The van der Waals surface area contributed by atoms with E-state index in [1.807, 2.05) is 25.1 Å². The van der Waals surface area contributed by atoms with E-state index in [-0.39, 0.29) is 11.8 Å². The zero-order chi connectivity index (χ0) is 20.8. The van der Waals surface area contributed by atoms with E-state index in [9.17, 15) is 9.59 Å². The van der Waals surface area contributed by atoms with Crippen LogP contribution in [-0.4, -0.2) is 11.8 Å². The van der Waals surface area contributed by atoms with Crippen molar-refractivity contribution in [1.29, 1.82) is 0 Å². The van der Waals surface area contributed by atoms with Gasteiger partial charge in [-0.1, -0.05) is 68.4 Å². The van der Waals surface area contributed by atoms with Gasteiger partial charge in [-0.15, -0.1) is 0 Å². The molecule has 0 aliphatic carbocycles. The Kier molecular flexibility index (Phi) is 6.61. The highest BCUT2D eigenvalue weighted by Crippen LogP contribution is 2.22. The molecule has 29 heavy (non-hydrogen) atoms. The Morgan fingerprint density at radius 1 is 0.862 bits per heavy atom. The molecule has 0 atom stereocenters. The molecular formula is C26H26O3. The first-order valence-corrected chi connectivity index (χ1v) is 9.94. The number of ketones is 1. The van der Waals surface area contributed by atoms with Crippen LogP contribution in [0.4, 0.5) is 0 Å². The maximum atomic E-state index is 12.5. The van der Waals surface area contributed by atoms with Crippen LogP contribution in [-0.2, 0) is 11.2 Å². The number of esters is 1. The summed E-state index contributed by atoms with van der Waals surface area (Å²) in [6, 6.07) is 22.7. The van der Waals surface area contributed by atoms with Crippen LogP contribution in [0.2, 0.25) is 0 Å². The fraction of sp³-hybridized carbons (Fsp3) is 0.231. The largest absolute Gasteiger partial charge is 0.426 e. The van der Waals surface area contributed by atoms with Crippen molar-refractivity contribution >= 4 is 11.8 Å². The van der Waals surface area contributed by atoms with Gasteiger partial charge in [0.05, 0.1) is 0 Å². The second-order valence-corrected chi connectivity index (χ2v) is 7.55. The summed E-state index contributed by atoms with van der Waals surface area (Å²) in [5, 5.41) is 0. The Hall–Kier alpha value is -3.20. The molecule has 0 saturated heterocycles. The average Bonchev–Trinajstić information content (AvgIpc) is 2.74. The third kappa shape index (κ3) is 5.41. The highest BCUT2D eigenvalue weighted by molar-refractivity contribution is 6.09. The van der Waals surface area contributed by atoms with E-state index in [1.165, 1.54) is 5.56 Å². The standard InChI is InChI=1S/C26H26O3/c1-18(2)21-12-9-20(10-13-21)11-16-25(27)29-24-15-14-23(17-19(24)3)26(28)22-7-5-4-6-8-22/h4-10,12-15,17-18H,11,16H2,1-3H3. The Balaban J connectivity index is 1.59. The van der Waals surface area contributed by atoms with E-state index >= 15 is 0 Å². The Morgan fingerprint density at radius 2 is 1.55 bits per heavy atom. The van der Waals surface area contributed by atoms with Crippen molar-refractivity contribution in [1.82, 2.24) is 0 Å². The summed E-state index contributed by atoms with van der Waals surface area (Å²) in [6.07, 6.45) is 0.950. The highest BCUT2D eigenvalue weighted by atomic mass is 16.5. The zero-order valence-corrected chi connectivity index (χ0v) is 17.1. The predicted octanol–water partition coefficient (Wildman–Crippen LogP) is 5.89. The SMILES string of the molecule is Cc1cc(C(=O)c2ccccc2)ccc1OC(=O)CCc1ccc(C(C)C)cc1. The van der Waals surface area contributed by atoms with E-state index in [0.717, 1.165) is 11.1 Å². The van der Waals surface area contributed by atoms with E-state index in [2.05, 4.69) is 38.1 Å². The molecule has 0 spiro atoms. The molecule has 0 fully saturated rings. The number of hydrogen-bond donors (Lipinski definition) is 0. The lowest BCUT2D eigenvalue weighted by Crippen LogP contribution is -2.10. The van der Waals surface area contributed by atoms with Gasteiger partial charge >= 0.3 is 5.97 Å². The van der Waals surface area contributed by atoms with Crippen molar-refractivity contribution in [2.24, 2.45) is 0 Å². The molecule has 0 aromatic heterocycles. The number of hydrogen-bond acceptors (Lipinski definition) is 3. The Labute approximate surface area is 172 Å². The van der Waals surface area contributed by atoms with Crippen LogP contribution in [0.1, 0.15) is 58.8 Å². The lowest BCUT2D eigenvalue weighted by molar-refractivity contribution is -0.134. The van der Waals surface area contributed by atoms with Crippen molar-refractivity contribution in [3.63, 3.8) is 0 Å². The fourth-order valence-electron chi connectivity index (χ4n) is 3.15. The van der Waals surface area contributed by atoms with Crippen molar-refractivity contribution in [3.8, 4) is 5.75 Å². The lowest BCUT2D eigenvalue weighted by Gasteiger charge is -2.10. The molecule has 0 N–H and O–H groups in total. The number of rotatable bonds is 7. The van der Waals surface area contributed by atoms with Gasteiger partial charge in [-0.3, -0.25) is 9.59 Å². The summed E-state index contributed by atoms with van der Waals surface area (Å²) < 4.78 is 5.52. The number of carbonyl (C=O) groups is 2. The maximum absolute atomic E-state index is 12.5. The van der Waals surface area contributed by atoms with Crippen LogP contribution in [0.5, 0.6) is 5.75 Å². The van der Waals surface area contributed by atoms with Crippen molar-refractivity contribution < 1.29 is 14.3 Å². The van der Waals surface area contributed by atoms with Gasteiger partial charge in [-0.2, -0.15) is 0 Å². The Morgan fingerprint density at radius 3 is 2.17 bits per heavy atom. The fourth-order valence-corrected chi connectivity index (χ4v) is 3.15. The third-order valence-corrected chi connectivity index (χ3v) is 4.96. The molecular weight excluding hydrogens is 360 g/mol. The number of aryl methyl sites for hydroxylation is 2. The second-order valence-electron chi connectivity index (χ2n) is 7.55. The summed E-state index contributed by atoms with van der Waals surface area (Å²) in [5.74, 6) is 0.670. The number of carbonyl (C=O) groups excluding carboxylic acids is 2. The predicted molar refractivity (Wildman–Crippen MR) is 116 cm³/mol. The molecule has 148 valence electrons. The molecule has 3 heteroatoms. The minimum Gasteiger partial charge on any atom is -0.426 e. The minimum absolute atomic E-state index is 0.0450. The van der Waals surface area contributed by atoms with Crippen molar-refractivity contribution in [3.05, 3.63) is 101 Å². The van der Waals surface area contributed by atoms with Crippen LogP contribution in [0, 0.1) is 6.92 Å². The van der Waals surface area contributed by atoms with Crippen molar-refractivity contribution in [2.45, 2.75) is 39.5 Å². The molecule has 0 heterocycles. The maximum Gasteiger partial charge on any atom is 0.311 e. The van der Waals surface area contributed by atoms with Gasteiger partial charge in [-0.25, -0.2) is 0 Å². The zero-order valence-electron chi connectivity index (χ0n) is 17.1. The van der Waals surface area contributed by atoms with E-state index in [1.54, 1.807) is 30.3 Å². The molecule has 3 rings (SSSR count). The van der Waals surface area contributed by atoms with Crippen LogP contribution in [0.25, 0.3) is 0 Å². The molecule has 0 amide bonds. The van der Waals surface area contributed by atoms with Gasteiger partial charge in [0, 0.05) is 17.5 Å². The quantitative estimate of drug-likeness (QED) is 0.289. The summed E-state index contributed by atoms with van der Waals surface area (Å²) in [7, 11) is 0. The summed E-state index contributed by atoms with van der Waals surface area (Å²) >= 11 is 0. The molecule has 0 bridgehead atoms. The van der Waals surface area contributed by atoms with Gasteiger partial charge in [0.25, 0.3) is 0 Å². The molecule has 3 aromatic carbocycles. The van der Waals surface area contributed by atoms with Crippen LogP contribution >= 0.6 is 0 Å². The number of benzene rings is 3. The summed E-state index contributed by atoms with van der Waals surface area (Å²) in [6.45, 7) is 6.16. The molecule has 0 unspecified atom stereocenters. The highest BCUT2D eigenvalue weighted by Gasteiger charge is 2.13. The normalized spacial score (nSPS) is 10.8. The summed E-state index contributed by atoms with van der Waals surface area (Å²) in [4.78, 5) is 24.8. The van der Waals surface area contributed by atoms with Gasteiger partial charge in [0.2, 0.25) is 0 Å². The van der Waals surface area contributed by atoms with Gasteiger partial charge in [-0.05, 0) is 54.2 Å². The van der Waals surface area contributed by atoms with Crippen LogP contribution in [0.3, 0.4) is 0 Å². The van der Waals surface area contributed by atoms with E-state index < -0.39 is 0 Å². The molecule has 0 radical (unpaired) electrons. The van der Waals surface area contributed by atoms with Crippen molar-refractivity contribution in [2.75, 3.05) is 0 Å². The monoisotopic (exact) mass is 386 g/mol. The van der Waals surface area contributed by atoms with Crippen LogP contribution in [0.15, 0.2) is 72.8 Å². The molecule has 0 aliphatic heterocycles. The smallest absolute Gasteiger partial charge is 0.311 e. The Bertz CT molecular complexity index is 986. The first kappa shape index (κ1) is 20.5. The minimum atomic E-state index is -0.275. The topological polar surface area (TPSA) is 43.4 Å². The molecule has 3 nitrogen and oxygen atoms in total. The van der Waals surface area contributed by atoms with Gasteiger partial charge < -0.3 is 4.74 Å². The van der Waals surface area contributed by atoms with Gasteiger partial charge in [0.1, 0.15) is 5.75 Å². The molecule has 0 saturated carbocycles. The van der Waals surface area contributed by atoms with Crippen LogP contribution < -0.4 is 4.74 Å². The summed E-state index contributed by atoms with van der Waals surface area (Å²) in [5.41, 5.74) is 4.39. The molecule has 0 aliphatic rings. The number of ether oxygens (including phenoxy) is 1. The third-order valence-electron chi connectivity index (χ3n) is 4.96. The first-order chi connectivity index (χ1) is 13.9. The van der Waals surface area contributed by atoms with E-state index in [4.69, 9.17) is 4.74 Å². The lowest BCUT2D eigenvalue weighted by atomic mass is 10.0. The average molecular weight is 386 g/mol. The second kappa shape index (κ2) is 9.33. The van der Waals surface area contributed by atoms with Gasteiger partial charge in [0.15, 0.2) is 5.78 Å². The van der Waals surface area contributed by atoms with E-state index in [0.29, 0.717) is 35.6 Å². The first-order valence-electron chi connectivity index (χ1n) is 9.94. The molecule has 3 aromatic rings.